The number of amides is 2. The molecule has 11 heteroatoms. The van der Waals surface area contributed by atoms with Crippen molar-refractivity contribution in [2.45, 2.75) is 69.5 Å². The van der Waals surface area contributed by atoms with E-state index in [1.54, 1.807) is 67.6 Å². The molecule has 230 valence electrons. The highest BCUT2D eigenvalue weighted by molar-refractivity contribution is 7.92. The van der Waals surface area contributed by atoms with Gasteiger partial charge in [-0.2, -0.15) is 0 Å². The molecule has 1 saturated carbocycles. The summed E-state index contributed by atoms with van der Waals surface area (Å²) in [5.74, 6) is -0.527. The first-order valence-electron chi connectivity index (χ1n) is 14.5. The minimum Gasteiger partial charge on any atom is -0.492 e. The molecular weight excluding hydrogens is 609 g/mol. The molecule has 3 aromatic carbocycles. The Morgan fingerprint density at radius 3 is 2.30 bits per heavy atom. The average molecular weight is 647 g/mol. The van der Waals surface area contributed by atoms with Crippen LogP contribution in [0.15, 0.2) is 77.7 Å². The topological polar surface area (TPSA) is 96.0 Å². The van der Waals surface area contributed by atoms with E-state index >= 15 is 0 Å². The van der Waals surface area contributed by atoms with Crippen molar-refractivity contribution in [3.63, 3.8) is 0 Å². The first kappa shape index (κ1) is 32.6. The normalized spacial score (nSPS) is 14.2. The van der Waals surface area contributed by atoms with Crippen molar-refractivity contribution in [2.24, 2.45) is 0 Å². The second kappa shape index (κ2) is 14.9. The quantitative estimate of drug-likeness (QED) is 0.230. The van der Waals surface area contributed by atoms with E-state index in [0.29, 0.717) is 34.4 Å². The Balaban J connectivity index is 1.76. The number of benzene rings is 3. The molecule has 1 fully saturated rings. The van der Waals surface area contributed by atoms with Crippen LogP contribution < -0.4 is 14.4 Å². The fraction of sp³-hybridized carbons (Fsp3) is 0.375. The van der Waals surface area contributed by atoms with Gasteiger partial charge >= 0.3 is 0 Å². The minimum atomic E-state index is -4.22. The standard InChI is InChI=1S/C32H37Cl2N3O5S/c1-3-28(32(39)35-25-12-8-9-13-25)36(21-23-18-19-24(33)20-27(23)34)31(38)22-37(29-16-10-11-17-30(29)42-4-2)43(40,41)26-14-6-5-7-15-26/h5-7,10-11,14-20,25,28H,3-4,8-9,12-13,21-22H2,1-2H3,(H,35,39)/t28-/m1/s1. The number of ether oxygens (including phenoxy) is 1. The van der Waals surface area contributed by atoms with Gasteiger partial charge in [-0.25, -0.2) is 8.42 Å². The summed E-state index contributed by atoms with van der Waals surface area (Å²) in [6, 6.07) is 18.7. The highest BCUT2D eigenvalue weighted by Gasteiger charge is 2.35. The largest absolute Gasteiger partial charge is 0.492 e. The van der Waals surface area contributed by atoms with Crippen LogP contribution in [-0.2, 0) is 26.2 Å². The summed E-state index contributed by atoms with van der Waals surface area (Å²) in [5, 5.41) is 3.88. The minimum absolute atomic E-state index is 0.0161. The molecule has 1 N–H and O–H groups in total. The molecule has 0 heterocycles. The number of hydrogen-bond donors (Lipinski definition) is 1. The van der Waals surface area contributed by atoms with Crippen molar-refractivity contribution in [1.82, 2.24) is 10.2 Å². The van der Waals surface area contributed by atoms with Crippen molar-refractivity contribution >= 4 is 50.7 Å². The number of anilines is 1. The van der Waals surface area contributed by atoms with E-state index in [-0.39, 0.29) is 29.1 Å². The smallest absolute Gasteiger partial charge is 0.264 e. The number of nitrogens with zero attached hydrogens (tertiary/aromatic N) is 2. The Labute approximate surface area is 264 Å². The number of carbonyl (C=O) groups is 2. The van der Waals surface area contributed by atoms with Crippen molar-refractivity contribution in [3.05, 3.63) is 88.4 Å². The van der Waals surface area contributed by atoms with E-state index in [4.69, 9.17) is 27.9 Å². The van der Waals surface area contributed by atoms with Crippen molar-refractivity contribution in [1.29, 1.82) is 0 Å². The summed E-state index contributed by atoms with van der Waals surface area (Å²) in [5.41, 5.74) is 0.799. The van der Waals surface area contributed by atoms with E-state index in [0.717, 1.165) is 30.0 Å². The van der Waals surface area contributed by atoms with Gasteiger partial charge in [0.05, 0.1) is 17.2 Å². The average Bonchev–Trinajstić information content (AvgIpc) is 3.51. The molecule has 1 aliphatic rings. The van der Waals surface area contributed by atoms with Crippen LogP contribution in [0.5, 0.6) is 5.75 Å². The van der Waals surface area contributed by atoms with E-state index in [9.17, 15) is 18.0 Å². The first-order valence-corrected chi connectivity index (χ1v) is 16.7. The maximum atomic E-state index is 14.3. The molecule has 0 saturated heterocycles. The Morgan fingerprint density at radius 2 is 1.65 bits per heavy atom. The Bertz CT molecular complexity index is 1510. The van der Waals surface area contributed by atoms with Crippen molar-refractivity contribution < 1.29 is 22.7 Å². The lowest BCUT2D eigenvalue weighted by atomic mass is 10.1. The number of carbonyl (C=O) groups excluding carboxylic acids is 2. The van der Waals surface area contributed by atoms with E-state index < -0.39 is 28.5 Å². The predicted molar refractivity (Wildman–Crippen MR) is 170 cm³/mol. The van der Waals surface area contributed by atoms with Crippen LogP contribution in [0.4, 0.5) is 5.69 Å². The van der Waals surface area contributed by atoms with Crippen LogP contribution in [0.3, 0.4) is 0 Å². The summed E-state index contributed by atoms with van der Waals surface area (Å²) in [6.07, 6.45) is 4.16. The fourth-order valence-electron chi connectivity index (χ4n) is 5.29. The molecule has 0 bridgehead atoms. The van der Waals surface area contributed by atoms with Crippen LogP contribution in [0.1, 0.15) is 51.5 Å². The lowest BCUT2D eigenvalue weighted by Crippen LogP contribution is -2.53. The maximum absolute atomic E-state index is 14.3. The summed E-state index contributed by atoms with van der Waals surface area (Å²) in [4.78, 5) is 29.4. The van der Waals surface area contributed by atoms with Gasteiger partial charge in [0.1, 0.15) is 18.3 Å². The summed E-state index contributed by atoms with van der Waals surface area (Å²) < 4.78 is 35.0. The van der Waals surface area contributed by atoms with Crippen molar-refractivity contribution in [3.8, 4) is 5.75 Å². The molecule has 0 unspecified atom stereocenters. The van der Waals surface area contributed by atoms with Gasteiger partial charge in [0.25, 0.3) is 10.0 Å². The number of para-hydroxylation sites is 2. The molecule has 43 heavy (non-hydrogen) atoms. The van der Waals surface area contributed by atoms with Crippen LogP contribution in [0.25, 0.3) is 0 Å². The highest BCUT2D eigenvalue weighted by atomic mass is 35.5. The van der Waals surface area contributed by atoms with Gasteiger partial charge < -0.3 is 15.0 Å². The monoisotopic (exact) mass is 645 g/mol. The molecule has 1 aliphatic carbocycles. The van der Waals surface area contributed by atoms with E-state index in [2.05, 4.69) is 5.32 Å². The second-order valence-electron chi connectivity index (χ2n) is 10.4. The second-order valence-corrected chi connectivity index (χ2v) is 13.1. The third-order valence-electron chi connectivity index (χ3n) is 7.49. The van der Waals surface area contributed by atoms with Gasteiger partial charge in [0.2, 0.25) is 11.8 Å². The lowest BCUT2D eigenvalue weighted by molar-refractivity contribution is -0.140. The van der Waals surface area contributed by atoms with Crippen LogP contribution >= 0.6 is 23.2 Å². The molecule has 2 amide bonds. The Hall–Kier alpha value is -3.27. The summed E-state index contributed by atoms with van der Waals surface area (Å²) in [6.45, 7) is 3.33. The van der Waals surface area contributed by atoms with Gasteiger partial charge in [0.15, 0.2) is 0 Å². The molecule has 4 rings (SSSR count). The molecule has 3 aromatic rings. The highest BCUT2D eigenvalue weighted by Crippen LogP contribution is 2.33. The molecule has 0 spiro atoms. The maximum Gasteiger partial charge on any atom is 0.264 e. The molecule has 0 aliphatic heterocycles. The molecule has 0 aromatic heterocycles. The van der Waals surface area contributed by atoms with Gasteiger partial charge in [-0.3, -0.25) is 13.9 Å². The lowest BCUT2D eigenvalue weighted by Gasteiger charge is -2.34. The third kappa shape index (κ3) is 8.02. The molecule has 8 nitrogen and oxygen atoms in total. The van der Waals surface area contributed by atoms with Gasteiger partial charge in [-0.05, 0) is 68.1 Å². The van der Waals surface area contributed by atoms with Crippen LogP contribution in [0.2, 0.25) is 10.0 Å². The molecule has 0 radical (unpaired) electrons. The first-order chi connectivity index (χ1) is 20.6. The number of hydrogen-bond acceptors (Lipinski definition) is 5. The SMILES string of the molecule is CCOc1ccccc1N(CC(=O)N(Cc1ccc(Cl)cc1Cl)[C@H](CC)C(=O)NC1CCCC1)S(=O)(=O)c1ccccc1. The third-order valence-corrected chi connectivity index (χ3v) is 9.85. The predicted octanol–water partition coefficient (Wildman–Crippen LogP) is 6.45. The van der Waals surface area contributed by atoms with Crippen LogP contribution in [-0.4, -0.2) is 50.4 Å². The number of rotatable bonds is 13. The van der Waals surface area contributed by atoms with Crippen molar-refractivity contribution in [2.75, 3.05) is 17.5 Å². The fourth-order valence-corrected chi connectivity index (χ4v) is 7.21. The summed E-state index contributed by atoms with van der Waals surface area (Å²) in [7, 11) is -4.22. The molecule has 1 atom stereocenters. The van der Waals surface area contributed by atoms with Crippen LogP contribution in [0, 0.1) is 0 Å². The van der Waals surface area contributed by atoms with E-state index in [1.165, 1.54) is 17.0 Å². The zero-order valence-corrected chi connectivity index (χ0v) is 26.7. The zero-order valence-electron chi connectivity index (χ0n) is 24.3. The van der Waals surface area contributed by atoms with Gasteiger partial charge in [0, 0.05) is 22.6 Å². The Morgan fingerprint density at radius 1 is 0.977 bits per heavy atom. The van der Waals surface area contributed by atoms with E-state index in [1.807, 2.05) is 6.92 Å². The number of nitrogens with one attached hydrogen (secondary N) is 1. The molecular formula is C32H37Cl2N3O5S. The summed E-state index contributed by atoms with van der Waals surface area (Å²) >= 11 is 12.6. The number of halogens is 2. The Kier molecular flexibility index (Phi) is 11.3. The van der Waals surface area contributed by atoms with Gasteiger partial charge in [-0.1, -0.05) is 79.4 Å². The number of sulfonamides is 1. The van der Waals surface area contributed by atoms with Gasteiger partial charge in [-0.15, -0.1) is 0 Å². The zero-order chi connectivity index (χ0) is 31.0.